The number of carbonyl (C=O) groups excluding carboxylic acids is 1. The first-order valence-corrected chi connectivity index (χ1v) is 11.1. The van der Waals surface area contributed by atoms with Crippen LogP contribution in [-0.2, 0) is 4.79 Å². The fourth-order valence-electron chi connectivity index (χ4n) is 2.71. The molecule has 2 heteroatoms. The van der Waals surface area contributed by atoms with Crippen molar-refractivity contribution >= 4 is 5.97 Å². The lowest BCUT2D eigenvalue weighted by molar-refractivity contribution is -0.134. The van der Waals surface area contributed by atoms with Gasteiger partial charge >= 0.3 is 5.97 Å². The Hall–Kier alpha value is -2.35. The summed E-state index contributed by atoms with van der Waals surface area (Å²) < 4.78 is 5.31. The fourth-order valence-corrected chi connectivity index (χ4v) is 2.71. The molecule has 0 N–H and O–H groups in total. The minimum atomic E-state index is -0.162. The SMILES string of the molecule is CCCCC/C=C\C/C=C\C/C=C\C/C=C\CCCC(=O)Oc1ccc(C)cc1. The topological polar surface area (TPSA) is 26.3 Å². The quantitative estimate of drug-likeness (QED) is 0.130. The molecule has 1 rings (SSSR count). The minimum Gasteiger partial charge on any atom is -0.427 e. The van der Waals surface area contributed by atoms with Gasteiger partial charge in [0.1, 0.15) is 5.75 Å². The van der Waals surface area contributed by atoms with Crippen molar-refractivity contribution in [2.75, 3.05) is 0 Å². The summed E-state index contributed by atoms with van der Waals surface area (Å²) in [7, 11) is 0. The molecule has 0 atom stereocenters. The molecule has 0 spiro atoms. The first kappa shape index (κ1) is 24.7. The van der Waals surface area contributed by atoms with Crippen molar-refractivity contribution in [2.24, 2.45) is 0 Å². The van der Waals surface area contributed by atoms with Crippen molar-refractivity contribution in [1.82, 2.24) is 0 Å². The van der Waals surface area contributed by atoms with Crippen LogP contribution in [0.3, 0.4) is 0 Å². The van der Waals surface area contributed by atoms with E-state index in [4.69, 9.17) is 4.74 Å². The summed E-state index contributed by atoms with van der Waals surface area (Å²) in [5.74, 6) is 0.461. The van der Waals surface area contributed by atoms with Gasteiger partial charge in [0.05, 0.1) is 0 Å². The van der Waals surface area contributed by atoms with Crippen molar-refractivity contribution in [1.29, 1.82) is 0 Å². The van der Waals surface area contributed by atoms with E-state index in [1.165, 1.54) is 25.7 Å². The number of rotatable bonds is 15. The molecule has 0 saturated carbocycles. The van der Waals surface area contributed by atoms with Crippen molar-refractivity contribution in [3.05, 3.63) is 78.4 Å². The molecular formula is C27H38O2. The maximum atomic E-state index is 11.8. The third-order valence-corrected chi connectivity index (χ3v) is 4.46. The third-order valence-electron chi connectivity index (χ3n) is 4.46. The first-order valence-electron chi connectivity index (χ1n) is 11.1. The summed E-state index contributed by atoms with van der Waals surface area (Å²) in [6.07, 6.45) is 28.0. The monoisotopic (exact) mass is 394 g/mol. The van der Waals surface area contributed by atoms with Gasteiger partial charge in [-0.05, 0) is 64.0 Å². The van der Waals surface area contributed by atoms with Gasteiger partial charge in [0.2, 0.25) is 0 Å². The zero-order valence-electron chi connectivity index (χ0n) is 18.3. The third kappa shape index (κ3) is 15.3. The molecule has 0 fully saturated rings. The molecule has 29 heavy (non-hydrogen) atoms. The van der Waals surface area contributed by atoms with Gasteiger partial charge in [0.15, 0.2) is 0 Å². The Labute approximate surface area is 178 Å². The number of allylic oxidation sites excluding steroid dienone is 8. The highest BCUT2D eigenvalue weighted by Gasteiger charge is 2.03. The van der Waals surface area contributed by atoms with E-state index < -0.39 is 0 Å². The van der Waals surface area contributed by atoms with Crippen LogP contribution in [0.5, 0.6) is 5.75 Å². The van der Waals surface area contributed by atoms with Crippen LogP contribution >= 0.6 is 0 Å². The number of unbranched alkanes of at least 4 members (excludes halogenated alkanes) is 4. The second-order valence-electron chi connectivity index (χ2n) is 7.27. The van der Waals surface area contributed by atoms with Gasteiger partial charge in [-0.3, -0.25) is 4.79 Å². The maximum absolute atomic E-state index is 11.8. The number of esters is 1. The van der Waals surface area contributed by atoms with E-state index in [0.717, 1.165) is 37.7 Å². The second kappa shape index (κ2) is 17.7. The molecule has 0 aromatic heterocycles. The fraction of sp³-hybridized carbons (Fsp3) is 0.444. The average Bonchev–Trinajstić information content (AvgIpc) is 2.72. The zero-order chi connectivity index (χ0) is 21.0. The summed E-state index contributed by atoms with van der Waals surface area (Å²) in [6, 6.07) is 7.56. The summed E-state index contributed by atoms with van der Waals surface area (Å²) in [5, 5.41) is 0. The van der Waals surface area contributed by atoms with Gasteiger partial charge in [0, 0.05) is 6.42 Å². The van der Waals surface area contributed by atoms with E-state index in [9.17, 15) is 4.79 Å². The summed E-state index contributed by atoms with van der Waals surface area (Å²) in [5.41, 5.74) is 1.16. The molecule has 0 aliphatic rings. The molecular weight excluding hydrogens is 356 g/mol. The summed E-state index contributed by atoms with van der Waals surface area (Å²) >= 11 is 0. The number of hydrogen-bond donors (Lipinski definition) is 0. The molecule has 1 aromatic carbocycles. The minimum absolute atomic E-state index is 0.162. The van der Waals surface area contributed by atoms with Crippen molar-refractivity contribution in [3.63, 3.8) is 0 Å². The van der Waals surface area contributed by atoms with Crippen LogP contribution in [0.4, 0.5) is 0 Å². The summed E-state index contributed by atoms with van der Waals surface area (Å²) in [4.78, 5) is 11.8. The van der Waals surface area contributed by atoms with Gasteiger partial charge < -0.3 is 4.74 Å². The number of hydrogen-bond acceptors (Lipinski definition) is 2. The number of ether oxygens (including phenoxy) is 1. The smallest absolute Gasteiger partial charge is 0.311 e. The van der Waals surface area contributed by atoms with Crippen LogP contribution in [0.15, 0.2) is 72.9 Å². The lowest BCUT2D eigenvalue weighted by Crippen LogP contribution is -2.07. The van der Waals surface area contributed by atoms with Crippen molar-refractivity contribution < 1.29 is 9.53 Å². The predicted octanol–water partition coefficient (Wildman–Crippen LogP) is 8.05. The molecule has 0 aliphatic heterocycles. The van der Waals surface area contributed by atoms with Gasteiger partial charge in [-0.25, -0.2) is 0 Å². The van der Waals surface area contributed by atoms with E-state index in [2.05, 4.69) is 55.5 Å². The molecule has 2 nitrogen and oxygen atoms in total. The molecule has 0 bridgehead atoms. The van der Waals surface area contributed by atoms with E-state index in [-0.39, 0.29) is 5.97 Å². The Morgan fingerprint density at radius 2 is 1.28 bits per heavy atom. The Morgan fingerprint density at radius 1 is 0.759 bits per heavy atom. The first-order chi connectivity index (χ1) is 14.2. The van der Waals surface area contributed by atoms with E-state index in [1.54, 1.807) is 0 Å². The Balaban J connectivity index is 1.98. The van der Waals surface area contributed by atoms with Crippen LogP contribution in [0.2, 0.25) is 0 Å². The van der Waals surface area contributed by atoms with Crippen LogP contribution in [0.1, 0.15) is 76.7 Å². The lowest BCUT2D eigenvalue weighted by Gasteiger charge is -2.03. The predicted molar refractivity (Wildman–Crippen MR) is 125 cm³/mol. The van der Waals surface area contributed by atoms with Gasteiger partial charge in [-0.2, -0.15) is 0 Å². The maximum Gasteiger partial charge on any atom is 0.311 e. The number of benzene rings is 1. The highest BCUT2D eigenvalue weighted by Crippen LogP contribution is 2.13. The Bertz CT molecular complexity index is 648. The van der Waals surface area contributed by atoms with Gasteiger partial charge in [-0.15, -0.1) is 0 Å². The molecule has 0 amide bonds. The highest BCUT2D eigenvalue weighted by molar-refractivity contribution is 5.72. The number of aryl methyl sites for hydroxylation is 1. The summed E-state index contributed by atoms with van der Waals surface area (Å²) in [6.45, 7) is 4.25. The standard InChI is InChI=1S/C27H38O2/c1-3-4-5-6-7-8-9-10-11-12-13-14-15-16-17-18-19-20-27(28)29-26-23-21-25(2)22-24-26/h7-8,10-11,13-14,16-17,21-24H,3-6,9,12,15,18-20H2,1-2H3/b8-7-,11-10-,14-13-,17-16-. The van der Waals surface area contributed by atoms with E-state index >= 15 is 0 Å². The Kier molecular flexibility index (Phi) is 15.1. The van der Waals surface area contributed by atoms with Gasteiger partial charge in [0.25, 0.3) is 0 Å². The zero-order valence-corrected chi connectivity index (χ0v) is 18.3. The van der Waals surface area contributed by atoms with Crippen LogP contribution in [-0.4, -0.2) is 5.97 Å². The van der Waals surface area contributed by atoms with Crippen LogP contribution in [0.25, 0.3) is 0 Å². The van der Waals surface area contributed by atoms with Crippen molar-refractivity contribution in [2.45, 2.75) is 78.1 Å². The van der Waals surface area contributed by atoms with Gasteiger partial charge in [-0.1, -0.05) is 86.1 Å². The Morgan fingerprint density at radius 3 is 1.83 bits per heavy atom. The lowest BCUT2D eigenvalue weighted by atomic mass is 10.2. The van der Waals surface area contributed by atoms with E-state index in [0.29, 0.717) is 12.2 Å². The average molecular weight is 395 g/mol. The second-order valence-corrected chi connectivity index (χ2v) is 7.27. The van der Waals surface area contributed by atoms with Crippen LogP contribution < -0.4 is 4.74 Å². The largest absolute Gasteiger partial charge is 0.427 e. The molecule has 1 aromatic rings. The molecule has 0 heterocycles. The number of carbonyl (C=O) groups is 1. The highest BCUT2D eigenvalue weighted by atomic mass is 16.5. The molecule has 158 valence electrons. The molecule has 0 aliphatic carbocycles. The molecule has 0 saturated heterocycles. The van der Waals surface area contributed by atoms with Crippen LogP contribution in [0, 0.1) is 6.92 Å². The molecule has 0 unspecified atom stereocenters. The normalized spacial score (nSPS) is 12.1. The molecule has 0 radical (unpaired) electrons. The van der Waals surface area contributed by atoms with Crippen molar-refractivity contribution in [3.8, 4) is 5.75 Å². The van der Waals surface area contributed by atoms with E-state index in [1.807, 2.05) is 31.2 Å².